The summed E-state index contributed by atoms with van der Waals surface area (Å²) in [6.07, 6.45) is -2.79. The first-order chi connectivity index (χ1) is 22.7. The lowest BCUT2D eigenvalue weighted by Crippen LogP contribution is -2.25. The van der Waals surface area contributed by atoms with Crippen molar-refractivity contribution >= 4 is 0 Å². The van der Waals surface area contributed by atoms with E-state index in [2.05, 4.69) is 26.4 Å². The molecule has 0 atom stereocenters. The van der Waals surface area contributed by atoms with E-state index in [-0.39, 0.29) is 28.1 Å². The fourth-order valence-corrected chi connectivity index (χ4v) is 4.91. The van der Waals surface area contributed by atoms with E-state index in [1.165, 1.54) is 36.7 Å². The number of aromatic nitrogens is 2. The van der Waals surface area contributed by atoms with Gasteiger partial charge < -0.3 is 9.47 Å². The summed E-state index contributed by atoms with van der Waals surface area (Å²) in [5.74, 6) is -6.92. The zero-order valence-electron chi connectivity index (χ0n) is 25.0. The van der Waals surface area contributed by atoms with Crippen LogP contribution >= 0.6 is 0 Å². The maximum Gasteiger partial charge on any atom is 0.573 e. The van der Waals surface area contributed by atoms with Gasteiger partial charge in [-0.15, -0.1) is 13.2 Å². The fraction of sp³-hybridized carbons (Fsp3) is 0.200. The lowest BCUT2D eigenvalue weighted by atomic mass is 9.99. The third-order valence-corrected chi connectivity index (χ3v) is 7.24. The molecular weight excluding hydrogens is 651 g/mol. The van der Waals surface area contributed by atoms with E-state index < -0.39 is 52.8 Å². The number of rotatable bonds is 11. The number of hydrogen-bond donors (Lipinski definition) is 0. The van der Waals surface area contributed by atoms with Crippen LogP contribution in [0.25, 0.3) is 33.6 Å². The van der Waals surface area contributed by atoms with Crippen LogP contribution in [0.1, 0.15) is 37.3 Å². The number of halogens is 9. The van der Waals surface area contributed by atoms with Crippen LogP contribution in [0.3, 0.4) is 0 Å². The zero-order valence-corrected chi connectivity index (χ0v) is 25.0. The molecule has 1 aromatic heterocycles. The Morgan fingerprint density at radius 2 is 1.19 bits per heavy atom. The number of unbranched alkanes of at least 4 members (excludes halogenated alkanes) is 2. The van der Waals surface area contributed by atoms with E-state index in [4.69, 9.17) is 0 Å². The predicted octanol–water partition coefficient (Wildman–Crippen LogP) is 10.8. The number of nitrogens with zero attached hydrogens (tertiary/aromatic N) is 2. The van der Waals surface area contributed by atoms with Crippen LogP contribution in [0.5, 0.6) is 11.5 Å². The van der Waals surface area contributed by atoms with Crippen molar-refractivity contribution in [3.05, 3.63) is 120 Å². The number of alkyl halides is 5. The molecule has 48 heavy (non-hydrogen) atoms. The summed E-state index contributed by atoms with van der Waals surface area (Å²) in [6.45, 7) is 2.06. The lowest BCUT2D eigenvalue weighted by Gasteiger charge is -2.20. The second kappa shape index (κ2) is 14.0. The molecule has 0 aliphatic rings. The zero-order chi connectivity index (χ0) is 34.6. The molecule has 0 N–H and O–H groups in total. The number of hydrogen-bond acceptors (Lipinski definition) is 4. The Labute approximate surface area is 268 Å². The van der Waals surface area contributed by atoms with Gasteiger partial charge in [-0.1, -0.05) is 50.1 Å². The molecular formula is C35H25F9N2O2. The Bertz CT molecular complexity index is 1870. The SMILES string of the molecule is CCCCCc1cnc(-c2cc(F)c(C(F)(F)Oc3ccc(-c4ccc(-c5ccc(OC(F)(F)F)c(F)c5)c(F)c4)cc3)c(F)c2)nc1. The molecule has 0 unspecified atom stereocenters. The fourth-order valence-electron chi connectivity index (χ4n) is 4.91. The van der Waals surface area contributed by atoms with Crippen molar-refractivity contribution in [2.45, 2.75) is 45.1 Å². The summed E-state index contributed by atoms with van der Waals surface area (Å²) in [5.41, 5.74) is -0.514. The monoisotopic (exact) mass is 676 g/mol. The van der Waals surface area contributed by atoms with Crippen molar-refractivity contribution in [2.75, 3.05) is 0 Å². The summed E-state index contributed by atoms with van der Waals surface area (Å²) in [4.78, 5) is 8.21. The van der Waals surface area contributed by atoms with E-state index >= 15 is 8.78 Å². The second-order valence-corrected chi connectivity index (χ2v) is 10.7. The Balaban J connectivity index is 1.29. The smallest absolute Gasteiger partial charge is 0.429 e. The first-order valence-electron chi connectivity index (χ1n) is 14.6. The number of ether oxygens (including phenoxy) is 2. The largest absolute Gasteiger partial charge is 0.573 e. The predicted molar refractivity (Wildman–Crippen MR) is 159 cm³/mol. The molecule has 1 heterocycles. The van der Waals surface area contributed by atoms with Crippen LogP contribution in [0.4, 0.5) is 39.5 Å². The van der Waals surface area contributed by atoms with Crippen molar-refractivity contribution < 1.29 is 49.0 Å². The molecule has 0 spiro atoms. The van der Waals surface area contributed by atoms with Crippen molar-refractivity contribution in [1.29, 1.82) is 0 Å². The number of aryl methyl sites for hydroxylation is 1. The minimum absolute atomic E-state index is 0.0384. The van der Waals surface area contributed by atoms with E-state index in [0.717, 1.165) is 55.5 Å². The van der Waals surface area contributed by atoms with Crippen LogP contribution in [0.2, 0.25) is 0 Å². The Morgan fingerprint density at radius 1 is 0.604 bits per heavy atom. The molecule has 0 amide bonds. The second-order valence-electron chi connectivity index (χ2n) is 10.7. The topological polar surface area (TPSA) is 44.2 Å². The quantitative estimate of drug-likeness (QED) is 0.103. The van der Waals surface area contributed by atoms with Gasteiger partial charge in [0.05, 0.1) is 0 Å². The molecule has 0 radical (unpaired) electrons. The average Bonchev–Trinajstić information content (AvgIpc) is 3.01. The highest BCUT2D eigenvalue weighted by Gasteiger charge is 2.41. The molecule has 5 aromatic rings. The highest BCUT2D eigenvalue weighted by Crippen LogP contribution is 2.38. The molecule has 5 rings (SSSR count). The summed E-state index contributed by atoms with van der Waals surface area (Å²) in [7, 11) is 0. The van der Waals surface area contributed by atoms with Gasteiger partial charge in [0.2, 0.25) is 0 Å². The maximum absolute atomic E-state index is 15.0. The minimum atomic E-state index is -5.11. The molecule has 0 bridgehead atoms. The van der Waals surface area contributed by atoms with Crippen molar-refractivity contribution in [2.24, 2.45) is 0 Å². The first kappa shape index (κ1) is 34.3. The highest BCUT2D eigenvalue weighted by atomic mass is 19.4. The summed E-state index contributed by atoms with van der Waals surface area (Å²) < 4.78 is 134. The van der Waals surface area contributed by atoms with Gasteiger partial charge in [-0.25, -0.2) is 27.5 Å². The maximum atomic E-state index is 15.0. The molecule has 0 fully saturated rings. The molecule has 4 aromatic carbocycles. The van der Waals surface area contributed by atoms with E-state index in [0.29, 0.717) is 29.8 Å². The summed E-state index contributed by atoms with van der Waals surface area (Å²) >= 11 is 0. The summed E-state index contributed by atoms with van der Waals surface area (Å²) in [5, 5.41) is 0. The Morgan fingerprint density at radius 3 is 1.77 bits per heavy atom. The van der Waals surface area contributed by atoms with Crippen LogP contribution in [0.15, 0.2) is 85.2 Å². The highest BCUT2D eigenvalue weighted by molar-refractivity contribution is 5.72. The van der Waals surface area contributed by atoms with Gasteiger partial charge in [-0.05, 0) is 77.6 Å². The van der Waals surface area contributed by atoms with Gasteiger partial charge in [-0.2, -0.15) is 8.78 Å². The third kappa shape index (κ3) is 8.07. The molecule has 0 aliphatic carbocycles. The van der Waals surface area contributed by atoms with Gasteiger partial charge in [-0.3, -0.25) is 0 Å². The minimum Gasteiger partial charge on any atom is -0.429 e. The Kier molecular flexibility index (Phi) is 9.97. The van der Waals surface area contributed by atoms with E-state index in [1.807, 2.05) is 0 Å². The van der Waals surface area contributed by atoms with Crippen LogP contribution in [0, 0.1) is 23.3 Å². The summed E-state index contributed by atoms with van der Waals surface area (Å²) in [6, 6.07) is 12.3. The molecule has 0 aliphatic heterocycles. The molecule has 0 saturated heterocycles. The molecule has 0 saturated carbocycles. The van der Waals surface area contributed by atoms with Crippen molar-refractivity contribution in [1.82, 2.24) is 9.97 Å². The van der Waals surface area contributed by atoms with Gasteiger partial charge in [0, 0.05) is 23.5 Å². The third-order valence-electron chi connectivity index (χ3n) is 7.24. The van der Waals surface area contributed by atoms with Crippen molar-refractivity contribution in [3.63, 3.8) is 0 Å². The van der Waals surface area contributed by atoms with E-state index in [1.54, 1.807) is 0 Å². The molecule has 13 heteroatoms. The van der Waals surface area contributed by atoms with Gasteiger partial charge in [0.15, 0.2) is 17.4 Å². The van der Waals surface area contributed by atoms with Gasteiger partial charge in [0.1, 0.15) is 28.8 Å². The lowest BCUT2D eigenvalue weighted by molar-refractivity contribution is -0.275. The van der Waals surface area contributed by atoms with Gasteiger partial charge in [0.25, 0.3) is 0 Å². The normalized spacial score (nSPS) is 11.9. The van der Waals surface area contributed by atoms with E-state index in [9.17, 15) is 30.7 Å². The first-order valence-corrected chi connectivity index (χ1v) is 14.6. The number of benzene rings is 4. The van der Waals surface area contributed by atoms with Crippen LogP contribution < -0.4 is 9.47 Å². The van der Waals surface area contributed by atoms with Crippen LogP contribution in [-0.2, 0) is 12.5 Å². The Hall–Kier alpha value is -5.07. The molecule has 4 nitrogen and oxygen atoms in total. The standard InChI is InChI=1S/C35H25F9N2O2/c1-2-3-4-5-20-18-45-33(46-19-20)24-16-29(38)32(30(39)17-24)34(40,41)47-25-10-6-21(7-11-25)22-8-12-26(27(36)14-22)23-9-13-31(28(37)15-23)48-35(42,43)44/h6-19H,2-5H2,1H3. The van der Waals surface area contributed by atoms with Gasteiger partial charge >= 0.3 is 12.5 Å². The molecule has 250 valence electrons. The van der Waals surface area contributed by atoms with Crippen molar-refractivity contribution in [3.8, 4) is 45.1 Å². The van der Waals surface area contributed by atoms with Crippen LogP contribution in [-0.4, -0.2) is 16.3 Å². The average molecular weight is 677 g/mol.